The molecule has 0 spiro atoms. The maximum Gasteiger partial charge on any atom is 0.408 e. The molecular weight excluding hydrogens is 483 g/mol. The second-order valence-electron chi connectivity index (χ2n) is 8.54. The van der Waals surface area contributed by atoms with E-state index in [2.05, 4.69) is 20.6 Å². The van der Waals surface area contributed by atoms with Gasteiger partial charge in [-0.25, -0.2) is 14.8 Å². The highest BCUT2D eigenvalue weighted by Crippen LogP contribution is 2.41. The van der Waals surface area contributed by atoms with Gasteiger partial charge in [0.15, 0.2) is 0 Å². The van der Waals surface area contributed by atoms with Crippen molar-refractivity contribution in [3.8, 4) is 11.5 Å². The Kier molecular flexibility index (Phi) is 8.46. The average Bonchev–Trinajstić information content (AvgIpc) is 3.20. The summed E-state index contributed by atoms with van der Waals surface area (Å²) in [5.41, 5.74) is 0.704. The summed E-state index contributed by atoms with van der Waals surface area (Å²) in [4.78, 5) is 20.8. The van der Waals surface area contributed by atoms with Crippen molar-refractivity contribution in [3.63, 3.8) is 0 Å². The predicted molar refractivity (Wildman–Crippen MR) is 132 cm³/mol. The van der Waals surface area contributed by atoms with Crippen molar-refractivity contribution in [1.29, 1.82) is 0 Å². The first kappa shape index (κ1) is 25.9. The van der Waals surface area contributed by atoms with Gasteiger partial charge in [-0.2, -0.15) is 0 Å². The van der Waals surface area contributed by atoms with Crippen LogP contribution in [0.2, 0.25) is 10.0 Å². The van der Waals surface area contributed by atoms with E-state index in [1.165, 1.54) is 14.2 Å². The first-order valence-electron chi connectivity index (χ1n) is 10.5. The lowest BCUT2D eigenvalue weighted by molar-refractivity contribution is 0.0497. The van der Waals surface area contributed by atoms with Crippen LogP contribution in [0.25, 0.3) is 12.2 Å². The number of anilines is 1. The van der Waals surface area contributed by atoms with Crippen molar-refractivity contribution in [2.45, 2.75) is 38.5 Å². The number of nitrogens with one attached hydrogen (secondary N) is 2. The molecule has 1 aliphatic heterocycles. The summed E-state index contributed by atoms with van der Waals surface area (Å²) >= 11 is 12.8. The number of carbonyl (C=O) groups excluding carboxylic acids is 1. The van der Waals surface area contributed by atoms with Crippen molar-refractivity contribution in [3.05, 3.63) is 39.6 Å². The number of aromatic nitrogens is 2. The van der Waals surface area contributed by atoms with Gasteiger partial charge in [0.2, 0.25) is 5.95 Å². The molecular formula is C23H28Cl2N4O5. The Bertz CT molecular complexity index is 1010. The minimum Gasteiger partial charge on any atom is -0.495 e. The van der Waals surface area contributed by atoms with Gasteiger partial charge in [0.05, 0.1) is 49.6 Å². The molecule has 1 fully saturated rings. The third-order valence-electron chi connectivity index (χ3n) is 4.82. The first-order valence-corrected chi connectivity index (χ1v) is 11.3. The fourth-order valence-electron chi connectivity index (χ4n) is 3.19. The second kappa shape index (κ2) is 11.1. The quantitative estimate of drug-likeness (QED) is 0.553. The van der Waals surface area contributed by atoms with Crippen molar-refractivity contribution in [2.75, 3.05) is 32.8 Å². The zero-order valence-electron chi connectivity index (χ0n) is 19.6. The Morgan fingerprint density at radius 1 is 1.06 bits per heavy atom. The maximum atomic E-state index is 12.1. The zero-order chi connectivity index (χ0) is 24.9. The van der Waals surface area contributed by atoms with Crippen LogP contribution < -0.4 is 20.1 Å². The molecule has 9 nitrogen and oxygen atoms in total. The van der Waals surface area contributed by atoms with Gasteiger partial charge in [0.25, 0.3) is 0 Å². The molecule has 1 aromatic heterocycles. The predicted octanol–water partition coefficient (Wildman–Crippen LogP) is 4.68. The molecule has 0 saturated carbocycles. The van der Waals surface area contributed by atoms with Gasteiger partial charge in [0.1, 0.15) is 17.1 Å². The molecule has 1 aromatic carbocycles. The number of ether oxygens (including phenoxy) is 4. The molecule has 184 valence electrons. The smallest absolute Gasteiger partial charge is 0.408 e. The monoisotopic (exact) mass is 510 g/mol. The number of nitrogens with zero attached hydrogens (tertiary/aromatic N) is 2. The van der Waals surface area contributed by atoms with Gasteiger partial charge in [0, 0.05) is 29.6 Å². The molecule has 2 heterocycles. The number of methoxy groups -OCH3 is 2. The maximum absolute atomic E-state index is 12.1. The van der Waals surface area contributed by atoms with E-state index in [1.54, 1.807) is 30.6 Å². The molecule has 1 amide bonds. The normalized spacial score (nSPS) is 18.1. The largest absolute Gasteiger partial charge is 0.495 e. The van der Waals surface area contributed by atoms with Crippen LogP contribution in [-0.2, 0) is 9.47 Å². The van der Waals surface area contributed by atoms with E-state index in [9.17, 15) is 4.79 Å². The third-order valence-corrected chi connectivity index (χ3v) is 5.60. The highest BCUT2D eigenvalue weighted by atomic mass is 35.5. The zero-order valence-corrected chi connectivity index (χ0v) is 21.2. The van der Waals surface area contributed by atoms with Crippen LogP contribution >= 0.6 is 23.2 Å². The van der Waals surface area contributed by atoms with Gasteiger partial charge in [-0.3, -0.25) is 0 Å². The summed E-state index contributed by atoms with van der Waals surface area (Å²) in [6.07, 6.45) is 6.32. The SMILES string of the molecule is COc1cc(OC)c(Cl)c(/C=C/c2cnc(N[C@@H]3COC[C@@H]3NC(=O)OC(C)(C)C)nc2)c1Cl. The number of hydrogen-bond donors (Lipinski definition) is 2. The summed E-state index contributed by atoms with van der Waals surface area (Å²) in [7, 11) is 3.04. The van der Waals surface area contributed by atoms with E-state index in [4.69, 9.17) is 42.1 Å². The van der Waals surface area contributed by atoms with E-state index < -0.39 is 11.7 Å². The number of carbonyl (C=O) groups is 1. The summed E-state index contributed by atoms with van der Waals surface area (Å²) in [6.45, 7) is 6.20. The molecule has 11 heteroatoms. The van der Waals surface area contributed by atoms with Gasteiger partial charge < -0.3 is 29.6 Å². The molecule has 2 aromatic rings. The molecule has 0 radical (unpaired) electrons. The molecule has 2 atom stereocenters. The van der Waals surface area contributed by atoms with Crippen molar-refractivity contribution < 1.29 is 23.7 Å². The number of halogens is 2. The Morgan fingerprint density at radius 3 is 2.21 bits per heavy atom. The molecule has 0 aliphatic carbocycles. The highest BCUT2D eigenvalue weighted by molar-refractivity contribution is 6.39. The van der Waals surface area contributed by atoms with Crippen LogP contribution in [0.4, 0.5) is 10.7 Å². The van der Waals surface area contributed by atoms with E-state index in [1.807, 2.05) is 20.8 Å². The number of amides is 1. The van der Waals surface area contributed by atoms with Crippen LogP contribution in [0.3, 0.4) is 0 Å². The fraction of sp³-hybridized carbons (Fsp3) is 0.435. The lowest BCUT2D eigenvalue weighted by Gasteiger charge is -2.24. The van der Waals surface area contributed by atoms with Crippen LogP contribution in [0.1, 0.15) is 31.9 Å². The average molecular weight is 511 g/mol. The molecule has 0 unspecified atom stereocenters. The molecule has 0 bridgehead atoms. The Morgan fingerprint density at radius 2 is 1.65 bits per heavy atom. The van der Waals surface area contributed by atoms with Crippen LogP contribution in [0, 0.1) is 0 Å². The van der Waals surface area contributed by atoms with Crippen LogP contribution in [-0.4, -0.2) is 61.2 Å². The Labute approximate surface area is 208 Å². The molecule has 34 heavy (non-hydrogen) atoms. The van der Waals surface area contributed by atoms with Crippen molar-refractivity contribution in [1.82, 2.24) is 15.3 Å². The Balaban J connectivity index is 1.67. The van der Waals surface area contributed by atoms with E-state index in [0.29, 0.717) is 46.3 Å². The lowest BCUT2D eigenvalue weighted by Crippen LogP contribution is -2.47. The van der Waals surface area contributed by atoms with Crippen LogP contribution in [0.5, 0.6) is 11.5 Å². The third kappa shape index (κ3) is 6.65. The molecule has 2 N–H and O–H groups in total. The minimum absolute atomic E-state index is 0.198. The fourth-order valence-corrected chi connectivity index (χ4v) is 3.82. The van der Waals surface area contributed by atoms with Gasteiger partial charge in [-0.1, -0.05) is 35.4 Å². The summed E-state index contributed by atoms with van der Waals surface area (Å²) in [5, 5.41) is 6.75. The number of hydrogen-bond acceptors (Lipinski definition) is 8. The molecule has 3 rings (SSSR count). The van der Waals surface area contributed by atoms with Crippen LogP contribution in [0.15, 0.2) is 18.5 Å². The van der Waals surface area contributed by atoms with E-state index in [0.717, 1.165) is 5.56 Å². The number of rotatable bonds is 7. The summed E-state index contributed by atoms with van der Waals surface area (Å²) in [6, 6.07) is 1.16. The van der Waals surface area contributed by atoms with Gasteiger partial charge in [-0.15, -0.1) is 0 Å². The molecule has 1 aliphatic rings. The van der Waals surface area contributed by atoms with Gasteiger partial charge >= 0.3 is 6.09 Å². The van der Waals surface area contributed by atoms with E-state index >= 15 is 0 Å². The van der Waals surface area contributed by atoms with E-state index in [-0.39, 0.29) is 12.1 Å². The summed E-state index contributed by atoms with van der Waals surface area (Å²) < 4.78 is 21.4. The highest BCUT2D eigenvalue weighted by Gasteiger charge is 2.31. The standard InChI is InChI=1S/C23H28Cl2N4O5/c1-23(2,3)34-22(30)29-16-12-33-11-15(16)28-21-26-9-13(10-27-21)6-7-14-19(24)17(31-4)8-18(32-5)20(14)25/h6-10,15-16H,11-12H2,1-5H3,(H,29,30)(H,26,27,28)/b7-6+/t15-,16+/m1/s1. The molecule has 1 saturated heterocycles. The Hall–Kier alpha value is -2.75. The lowest BCUT2D eigenvalue weighted by atomic mass is 10.1. The number of benzene rings is 1. The van der Waals surface area contributed by atoms with Gasteiger partial charge in [-0.05, 0) is 20.8 Å². The number of alkyl carbamates (subject to hydrolysis) is 1. The van der Waals surface area contributed by atoms with Crippen molar-refractivity contribution >= 4 is 47.4 Å². The minimum atomic E-state index is -0.580. The first-order chi connectivity index (χ1) is 16.1. The second-order valence-corrected chi connectivity index (χ2v) is 9.29. The topological polar surface area (TPSA) is 104 Å². The van der Waals surface area contributed by atoms with Crippen molar-refractivity contribution in [2.24, 2.45) is 0 Å². The summed E-state index contributed by atoms with van der Waals surface area (Å²) in [5.74, 6) is 1.31.